The van der Waals surface area contributed by atoms with Gasteiger partial charge in [0.25, 0.3) is 0 Å². The number of ether oxygens (including phenoxy) is 2. The Hall–Kier alpha value is -3.46. The molecule has 2 N–H and O–H groups in total. The Morgan fingerprint density at radius 1 is 1.16 bits per heavy atom. The molecule has 2 aromatic carbocycles. The number of nitrogens with zero attached hydrogens (tertiary/aromatic N) is 1. The number of hydrogen-bond acceptors (Lipinski definition) is 6. The molecular formula is C23H25N3O5S. The first-order valence-corrected chi connectivity index (χ1v) is 10.4. The van der Waals surface area contributed by atoms with Gasteiger partial charge in [-0.15, -0.1) is 0 Å². The van der Waals surface area contributed by atoms with Crippen LogP contribution in [0.5, 0.6) is 11.5 Å². The number of hydrogen-bond donors (Lipinski definition) is 2. The number of nitro groups is 1. The zero-order valence-corrected chi connectivity index (χ0v) is 19.3. The number of methoxy groups -OCH3 is 1. The van der Waals surface area contributed by atoms with E-state index >= 15 is 0 Å². The van der Waals surface area contributed by atoms with Crippen molar-refractivity contribution >= 4 is 29.0 Å². The molecule has 168 valence electrons. The fourth-order valence-electron chi connectivity index (χ4n) is 3.42. The fraction of sp³-hybridized carbons (Fsp3) is 0.304. The number of nitro benzene ring substituents is 1. The van der Waals surface area contributed by atoms with Gasteiger partial charge in [0.1, 0.15) is 5.75 Å². The summed E-state index contributed by atoms with van der Waals surface area (Å²) in [6, 6.07) is 11.3. The summed E-state index contributed by atoms with van der Waals surface area (Å²) < 4.78 is 10.7. The largest absolute Gasteiger partial charge is 0.466 e. The molecule has 0 spiro atoms. The van der Waals surface area contributed by atoms with Crippen LogP contribution in [-0.2, 0) is 14.9 Å². The van der Waals surface area contributed by atoms with E-state index in [1.165, 1.54) is 19.2 Å². The number of thiocarbonyl (C=S) groups is 1. The normalized spacial score (nSPS) is 16.2. The summed E-state index contributed by atoms with van der Waals surface area (Å²) >= 11 is 5.20. The molecule has 1 atom stereocenters. The number of nitrogens with one attached hydrogen (secondary N) is 2. The summed E-state index contributed by atoms with van der Waals surface area (Å²) in [7, 11) is 1.27. The lowest BCUT2D eigenvalue weighted by atomic mass is 9.87. The molecule has 8 nitrogen and oxygen atoms in total. The lowest BCUT2D eigenvalue weighted by Gasteiger charge is -2.29. The Morgan fingerprint density at radius 2 is 1.81 bits per heavy atom. The SMILES string of the molecule is COC(=O)C1=C(C)NC(=S)N[C@@H]1c1ccc(Oc2ccc(C(C)(C)C)cc2)c([N+](=O)[O-])c1. The standard InChI is InChI=1S/C23H25N3O5S/c1-13-19(21(27)30-5)20(25-22(32)24-13)14-6-11-18(17(12-14)26(28)29)31-16-9-7-15(8-10-16)23(2,3)4/h6-12,20H,1-5H3,(H2,24,25,32)/t20-/m1/s1. The van der Waals surface area contributed by atoms with Crippen LogP contribution in [0.1, 0.15) is 44.9 Å². The van der Waals surface area contributed by atoms with Crippen molar-refractivity contribution in [2.75, 3.05) is 7.11 Å². The van der Waals surface area contributed by atoms with Crippen LogP contribution in [0.15, 0.2) is 53.7 Å². The van der Waals surface area contributed by atoms with Gasteiger partial charge in [-0.25, -0.2) is 4.79 Å². The molecule has 32 heavy (non-hydrogen) atoms. The second kappa shape index (κ2) is 8.96. The summed E-state index contributed by atoms with van der Waals surface area (Å²) in [5.41, 5.74) is 2.18. The van der Waals surface area contributed by atoms with Gasteiger partial charge in [-0.3, -0.25) is 10.1 Å². The Morgan fingerprint density at radius 3 is 2.38 bits per heavy atom. The highest BCUT2D eigenvalue weighted by Crippen LogP contribution is 2.37. The van der Waals surface area contributed by atoms with Gasteiger partial charge in [0.15, 0.2) is 5.11 Å². The summed E-state index contributed by atoms with van der Waals surface area (Å²) in [6.07, 6.45) is 0. The van der Waals surface area contributed by atoms with E-state index in [1.54, 1.807) is 25.1 Å². The van der Waals surface area contributed by atoms with Crippen molar-refractivity contribution in [1.29, 1.82) is 0 Å². The van der Waals surface area contributed by atoms with Gasteiger partial charge in [0, 0.05) is 11.8 Å². The minimum atomic E-state index is -0.699. The summed E-state index contributed by atoms with van der Waals surface area (Å²) in [5, 5.41) is 18.0. The monoisotopic (exact) mass is 455 g/mol. The smallest absolute Gasteiger partial charge is 0.337 e. The first-order chi connectivity index (χ1) is 15.0. The average molecular weight is 456 g/mol. The number of carbonyl (C=O) groups excluding carboxylic acids is 1. The van der Waals surface area contributed by atoms with Crippen molar-refractivity contribution in [1.82, 2.24) is 10.6 Å². The number of allylic oxidation sites excluding steroid dienone is 1. The zero-order chi connectivity index (χ0) is 23.6. The molecule has 2 aromatic rings. The van der Waals surface area contributed by atoms with E-state index in [0.29, 0.717) is 27.7 Å². The van der Waals surface area contributed by atoms with E-state index in [-0.39, 0.29) is 16.9 Å². The van der Waals surface area contributed by atoms with Gasteiger partial charge in [0.05, 0.1) is 23.6 Å². The molecular weight excluding hydrogens is 430 g/mol. The minimum Gasteiger partial charge on any atom is -0.466 e. The van der Waals surface area contributed by atoms with Crippen LogP contribution in [0.3, 0.4) is 0 Å². The van der Waals surface area contributed by atoms with Crippen molar-refractivity contribution in [3.05, 3.63) is 75.0 Å². The third-order valence-corrected chi connectivity index (χ3v) is 5.36. The van der Waals surface area contributed by atoms with Crippen LogP contribution in [0.4, 0.5) is 5.69 Å². The molecule has 0 saturated heterocycles. The predicted octanol–water partition coefficient (Wildman–Crippen LogP) is 4.65. The highest BCUT2D eigenvalue weighted by Gasteiger charge is 2.32. The van der Waals surface area contributed by atoms with Crippen LogP contribution in [0.25, 0.3) is 0 Å². The van der Waals surface area contributed by atoms with Crippen LogP contribution in [0, 0.1) is 10.1 Å². The highest BCUT2D eigenvalue weighted by molar-refractivity contribution is 7.80. The Labute approximate surface area is 191 Å². The lowest BCUT2D eigenvalue weighted by Crippen LogP contribution is -2.45. The molecule has 0 amide bonds. The zero-order valence-electron chi connectivity index (χ0n) is 18.5. The fourth-order valence-corrected chi connectivity index (χ4v) is 3.69. The molecule has 0 aliphatic carbocycles. The summed E-state index contributed by atoms with van der Waals surface area (Å²) in [6.45, 7) is 8.00. The molecule has 0 bridgehead atoms. The summed E-state index contributed by atoms with van der Waals surface area (Å²) in [5.74, 6) is 0.0250. The molecule has 3 rings (SSSR count). The second-order valence-corrected chi connectivity index (χ2v) is 8.83. The van der Waals surface area contributed by atoms with Gasteiger partial charge < -0.3 is 20.1 Å². The maximum atomic E-state index is 12.3. The number of rotatable bonds is 5. The van der Waals surface area contributed by atoms with Gasteiger partial charge >= 0.3 is 11.7 Å². The molecule has 0 saturated carbocycles. The van der Waals surface area contributed by atoms with Crippen molar-refractivity contribution < 1.29 is 19.2 Å². The van der Waals surface area contributed by atoms with Crippen LogP contribution in [0.2, 0.25) is 0 Å². The van der Waals surface area contributed by atoms with Gasteiger partial charge in [-0.1, -0.05) is 39.0 Å². The molecule has 0 unspecified atom stereocenters. The molecule has 9 heteroatoms. The summed E-state index contributed by atoms with van der Waals surface area (Å²) in [4.78, 5) is 23.6. The van der Waals surface area contributed by atoms with Crippen molar-refractivity contribution in [3.63, 3.8) is 0 Å². The number of carbonyl (C=O) groups is 1. The second-order valence-electron chi connectivity index (χ2n) is 8.42. The molecule has 0 radical (unpaired) electrons. The quantitative estimate of drug-likeness (QED) is 0.291. The third kappa shape index (κ3) is 4.88. The first-order valence-electron chi connectivity index (χ1n) is 9.94. The maximum Gasteiger partial charge on any atom is 0.337 e. The number of esters is 1. The molecule has 1 aliphatic rings. The highest BCUT2D eigenvalue weighted by atomic mass is 32.1. The Kier molecular flexibility index (Phi) is 6.50. The molecule has 0 fully saturated rings. The van der Waals surface area contributed by atoms with E-state index in [0.717, 1.165) is 5.56 Å². The van der Waals surface area contributed by atoms with Crippen molar-refractivity contribution in [2.45, 2.75) is 39.2 Å². The minimum absolute atomic E-state index is 0.0163. The van der Waals surface area contributed by atoms with Gasteiger partial charge in [-0.05, 0) is 53.9 Å². The van der Waals surface area contributed by atoms with Gasteiger partial charge in [-0.2, -0.15) is 0 Å². The van der Waals surface area contributed by atoms with E-state index in [9.17, 15) is 14.9 Å². The van der Waals surface area contributed by atoms with Gasteiger partial charge in [0.2, 0.25) is 5.75 Å². The van der Waals surface area contributed by atoms with Crippen molar-refractivity contribution in [3.8, 4) is 11.5 Å². The van der Waals surface area contributed by atoms with E-state index in [4.69, 9.17) is 21.7 Å². The molecule has 1 heterocycles. The van der Waals surface area contributed by atoms with E-state index < -0.39 is 16.9 Å². The molecule has 0 aromatic heterocycles. The third-order valence-electron chi connectivity index (χ3n) is 5.14. The topological polar surface area (TPSA) is 103 Å². The Balaban J connectivity index is 1.97. The molecule has 1 aliphatic heterocycles. The van der Waals surface area contributed by atoms with Crippen molar-refractivity contribution in [2.24, 2.45) is 0 Å². The lowest BCUT2D eigenvalue weighted by molar-refractivity contribution is -0.385. The number of benzene rings is 2. The first kappa shape index (κ1) is 23.2. The van der Waals surface area contributed by atoms with E-state index in [2.05, 4.69) is 31.4 Å². The Bertz CT molecular complexity index is 1100. The van der Waals surface area contributed by atoms with Crippen LogP contribution >= 0.6 is 12.2 Å². The predicted molar refractivity (Wildman–Crippen MR) is 125 cm³/mol. The van der Waals surface area contributed by atoms with E-state index in [1.807, 2.05) is 12.1 Å². The van der Waals surface area contributed by atoms with Crippen LogP contribution < -0.4 is 15.4 Å². The van der Waals surface area contributed by atoms with Crippen LogP contribution in [-0.4, -0.2) is 23.1 Å². The maximum absolute atomic E-state index is 12.3. The average Bonchev–Trinajstić information content (AvgIpc) is 2.72.